The van der Waals surface area contributed by atoms with Gasteiger partial charge in [0.1, 0.15) is 0 Å². The molecule has 0 spiro atoms. The van der Waals surface area contributed by atoms with E-state index >= 15 is 0 Å². The normalized spacial score (nSPS) is 18.5. The predicted octanol–water partition coefficient (Wildman–Crippen LogP) is 6.93. The molecule has 0 aliphatic heterocycles. The summed E-state index contributed by atoms with van der Waals surface area (Å²) in [7, 11) is 0. The van der Waals surface area contributed by atoms with Gasteiger partial charge in [-0.05, 0) is 49.7 Å². The number of hydrogen-bond acceptors (Lipinski definition) is 1. The van der Waals surface area contributed by atoms with Crippen LogP contribution in [0.3, 0.4) is 0 Å². The van der Waals surface area contributed by atoms with E-state index in [0.29, 0.717) is 5.92 Å². The Morgan fingerprint density at radius 1 is 1.04 bits per heavy atom. The zero-order valence-electron chi connectivity index (χ0n) is 16.3. The number of nitrogens with zero attached hydrogens (tertiary/aromatic N) is 1. The van der Waals surface area contributed by atoms with Crippen molar-refractivity contribution in [1.29, 1.82) is 0 Å². The Morgan fingerprint density at radius 3 is 2.17 bits per heavy atom. The summed E-state index contributed by atoms with van der Waals surface area (Å²) in [6.45, 7) is 15.4. The van der Waals surface area contributed by atoms with Crippen LogP contribution in [-0.2, 0) is 0 Å². The van der Waals surface area contributed by atoms with Crippen LogP contribution in [0, 0.1) is 38.5 Å². The molecule has 1 fully saturated rings. The maximum absolute atomic E-state index is 4.03. The summed E-state index contributed by atoms with van der Waals surface area (Å²) in [5.74, 6) is 2.26. The van der Waals surface area contributed by atoms with E-state index in [-0.39, 0.29) is 0 Å². The largest absolute Gasteiger partial charge is 0.324 e. The van der Waals surface area contributed by atoms with Gasteiger partial charge in [0.25, 0.3) is 0 Å². The second-order valence-electron chi connectivity index (χ2n) is 7.80. The van der Waals surface area contributed by atoms with E-state index in [1.807, 2.05) is 6.20 Å². The Bertz CT molecular complexity index is 555. The topological polar surface area (TPSA) is 3.24 Å². The van der Waals surface area contributed by atoms with E-state index in [4.69, 9.17) is 0 Å². The number of anilines is 1. The number of allylic oxidation sites excluding steroid dienone is 1. The van der Waals surface area contributed by atoms with Crippen LogP contribution in [0.25, 0.3) is 0 Å². The highest BCUT2D eigenvalue weighted by Crippen LogP contribution is 2.34. The van der Waals surface area contributed by atoms with Crippen LogP contribution in [0.4, 0.5) is 5.69 Å². The Morgan fingerprint density at radius 2 is 1.62 bits per heavy atom. The van der Waals surface area contributed by atoms with Crippen LogP contribution in [-0.4, -0.2) is 0 Å². The van der Waals surface area contributed by atoms with Gasteiger partial charge in [0.15, 0.2) is 0 Å². The second kappa shape index (κ2) is 8.55. The molecule has 2 atom stereocenters. The summed E-state index contributed by atoms with van der Waals surface area (Å²) in [6, 6.07) is 4.50. The third-order valence-corrected chi connectivity index (χ3v) is 5.86. The zero-order valence-corrected chi connectivity index (χ0v) is 16.3. The minimum absolute atomic E-state index is 0.599. The maximum Gasteiger partial charge on any atom is 0.0507 e. The molecule has 0 heterocycles. The van der Waals surface area contributed by atoms with Gasteiger partial charge in [-0.15, -0.1) is 0 Å². The van der Waals surface area contributed by atoms with E-state index in [9.17, 15) is 0 Å². The van der Waals surface area contributed by atoms with Crippen molar-refractivity contribution >= 4 is 5.69 Å². The third kappa shape index (κ3) is 4.53. The average Bonchev–Trinajstić information content (AvgIpc) is 2.56. The van der Waals surface area contributed by atoms with Gasteiger partial charge >= 0.3 is 0 Å². The van der Waals surface area contributed by atoms with Crippen molar-refractivity contribution in [2.75, 3.05) is 4.90 Å². The van der Waals surface area contributed by atoms with Crippen molar-refractivity contribution in [3.8, 4) is 0 Å². The van der Waals surface area contributed by atoms with E-state index in [2.05, 4.69) is 70.5 Å². The first-order valence-corrected chi connectivity index (χ1v) is 9.61. The lowest BCUT2D eigenvalue weighted by Gasteiger charge is -2.31. The first-order chi connectivity index (χ1) is 11.4. The van der Waals surface area contributed by atoms with Crippen LogP contribution >= 0.6 is 0 Å². The molecular weight excluding hydrogens is 290 g/mol. The van der Waals surface area contributed by atoms with Gasteiger partial charge < -0.3 is 4.90 Å². The molecule has 0 amide bonds. The van der Waals surface area contributed by atoms with Crippen molar-refractivity contribution in [1.82, 2.24) is 0 Å². The van der Waals surface area contributed by atoms with E-state index in [1.54, 1.807) is 0 Å². The summed E-state index contributed by atoms with van der Waals surface area (Å²) in [5, 5.41) is 0. The summed E-state index contributed by atoms with van der Waals surface area (Å²) in [6.07, 6.45) is 13.6. The minimum Gasteiger partial charge on any atom is -0.324 e. The smallest absolute Gasteiger partial charge is 0.0507 e. The Balaban J connectivity index is 2.11. The van der Waals surface area contributed by atoms with E-state index in [1.165, 1.54) is 54.5 Å². The summed E-state index contributed by atoms with van der Waals surface area (Å²) < 4.78 is 0. The van der Waals surface area contributed by atoms with Crippen molar-refractivity contribution in [2.24, 2.45) is 17.8 Å². The van der Waals surface area contributed by atoms with Crippen LogP contribution < -0.4 is 4.90 Å². The molecule has 2 rings (SSSR count). The van der Waals surface area contributed by atoms with Gasteiger partial charge in [-0.1, -0.05) is 76.3 Å². The molecule has 24 heavy (non-hydrogen) atoms. The predicted molar refractivity (Wildman–Crippen MR) is 107 cm³/mol. The lowest BCUT2D eigenvalue weighted by molar-refractivity contribution is 0.227. The third-order valence-electron chi connectivity index (χ3n) is 5.86. The first kappa shape index (κ1) is 18.8. The highest BCUT2D eigenvalue weighted by atomic mass is 15.1. The molecule has 0 aromatic heterocycles. The van der Waals surface area contributed by atoms with E-state index < -0.39 is 0 Å². The highest BCUT2D eigenvalue weighted by molar-refractivity contribution is 5.63. The summed E-state index contributed by atoms with van der Waals surface area (Å²) in [4.78, 5) is 2.19. The van der Waals surface area contributed by atoms with Gasteiger partial charge in [0, 0.05) is 12.4 Å². The fraction of sp³-hybridized carbons (Fsp3) is 0.565. The second-order valence-corrected chi connectivity index (χ2v) is 7.80. The van der Waals surface area contributed by atoms with E-state index in [0.717, 1.165) is 11.8 Å². The number of rotatable bonds is 6. The molecule has 1 aliphatic rings. The fourth-order valence-corrected chi connectivity index (χ4v) is 4.30. The van der Waals surface area contributed by atoms with Crippen LogP contribution in [0.1, 0.15) is 62.6 Å². The quantitative estimate of drug-likeness (QED) is 0.548. The molecule has 1 saturated carbocycles. The van der Waals surface area contributed by atoms with Gasteiger partial charge in [-0.3, -0.25) is 0 Å². The Labute approximate surface area is 149 Å². The number of aryl methyl sites for hydroxylation is 3. The summed E-state index contributed by atoms with van der Waals surface area (Å²) in [5.41, 5.74) is 5.21. The Hall–Kier alpha value is -1.50. The van der Waals surface area contributed by atoms with Gasteiger partial charge in [-0.2, -0.15) is 0 Å². The SMILES string of the molecule is C=CN(/C=C\C(C)C(C)C1CCCCC1)c1c(C)cc(C)cc1C. The monoisotopic (exact) mass is 325 g/mol. The van der Waals surface area contributed by atoms with Crippen LogP contribution in [0.5, 0.6) is 0 Å². The lowest BCUT2D eigenvalue weighted by Crippen LogP contribution is -2.21. The minimum atomic E-state index is 0.599. The average molecular weight is 326 g/mol. The molecule has 1 aromatic rings. The van der Waals surface area contributed by atoms with Crippen molar-refractivity contribution < 1.29 is 0 Å². The highest BCUT2D eigenvalue weighted by Gasteiger charge is 2.23. The molecule has 0 N–H and O–H groups in total. The Kier molecular flexibility index (Phi) is 6.71. The van der Waals surface area contributed by atoms with Crippen molar-refractivity contribution in [2.45, 2.75) is 66.7 Å². The van der Waals surface area contributed by atoms with Crippen molar-refractivity contribution in [3.05, 3.63) is 53.9 Å². The van der Waals surface area contributed by atoms with Crippen LogP contribution in [0.2, 0.25) is 0 Å². The van der Waals surface area contributed by atoms with Crippen LogP contribution in [0.15, 0.2) is 37.2 Å². The van der Waals surface area contributed by atoms with Gasteiger partial charge in [-0.25, -0.2) is 0 Å². The molecule has 2 unspecified atom stereocenters. The number of benzene rings is 1. The molecule has 1 aliphatic carbocycles. The molecule has 1 nitrogen and oxygen atoms in total. The standard InChI is InChI=1S/C23H35N/c1-7-24(23-19(4)15-17(2)16-20(23)5)14-13-18(3)21(6)22-11-9-8-10-12-22/h7,13-16,18,21-22H,1,8-12H2,2-6H3/b14-13-. The lowest BCUT2D eigenvalue weighted by atomic mass is 9.75. The molecule has 0 bridgehead atoms. The molecule has 0 radical (unpaired) electrons. The summed E-state index contributed by atoms with van der Waals surface area (Å²) >= 11 is 0. The fourth-order valence-electron chi connectivity index (χ4n) is 4.30. The van der Waals surface area contributed by atoms with Crippen molar-refractivity contribution in [3.63, 3.8) is 0 Å². The molecule has 132 valence electrons. The van der Waals surface area contributed by atoms with Gasteiger partial charge in [0.2, 0.25) is 0 Å². The zero-order chi connectivity index (χ0) is 17.7. The first-order valence-electron chi connectivity index (χ1n) is 9.61. The molecular formula is C23H35N. The maximum atomic E-state index is 4.03. The van der Waals surface area contributed by atoms with Gasteiger partial charge in [0.05, 0.1) is 5.69 Å². The number of hydrogen-bond donors (Lipinski definition) is 0. The molecule has 1 aromatic carbocycles. The molecule has 0 saturated heterocycles. The molecule has 1 heteroatoms.